The maximum absolute atomic E-state index is 5.52. The van der Waals surface area contributed by atoms with E-state index in [1.807, 2.05) is 38.5 Å². The molecule has 1 atom stereocenters. The maximum atomic E-state index is 5.52. The molecule has 0 aliphatic heterocycles. The molecule has 1 unspecified atom stereocenters. The van der Waals surface area contributed by atoms with Crippen LogP contribution in [-0.2, 0) is 6.42 Å². The summed E-state index contributed by atoms with van der Waals surface area (Å²) in [6.45, 7) is 4.75. The molecule has 106 valence electrons. The summed E-state index contributed by atoms with van der Waals surface area (Å²) in [5, 5.41) is 3.32. The van der Waals surface area contributed by atoms with Crippen LogP contribution in [0, 0.1) is 0 Å². The Hall–Kier alpha value is -1.94. The van der Waals surface area contributed by atoms with E-state index in [1.165, 1.54) is 5.56 Å². The predicted molar refractivity (Wildman–Crippen MR) is 79.9 cm³/mol. The highest BCUT2D eigenvalue weighted by Crippen LogP contribution is 2.25. The van der Waals surface area contributed by atoms with Crippen LogP contribution in [0.15, 0.2) is 36.8 Å². The largest absolute Gasteiger partial charge is 0.492 e. The van der Waals surface area contributed by atoms with E-state index in [0.29, 0.717) is 6.61 Å². The van der Waals surface area contributed by atoms with Crippen LogP contribution in [-0.4, -0.2) is 23.6 Å². The Morgan fingerprint density at radius 1 is 1.30 bits per heavy atom. The van der Waals surface area contributed by atoms with Crippen LogP contribution in [0.5, 0.6) is 5.75 Å². The first-order valence-corrected chi connectivity index (χ1v) is 6.98. The predicted octanol–water partition coefficient (Wildman–Crippen LogP) is 2.75. The van der Waals surface area contributed by atoms with Crippen LogP contribution in [0.3, 0.4) is 0 Å². The lowest BCUT2D eigenvalue weighted by Gasteiger charge is -2.19. The quantitative estimate of drug-likeness (QED) is 0.877. The van der Waals surface area contributed by atoms with Gasteiger partial charge in [-0.3, -0.25) is 9.97 Å². The van der Waals surface area contributed by atoms with Crippen LogP contribution in [0.4, 0.5) is 0 Å². The number of aromatic nitrogens is 2. The number of nitrogens with one attached hydrogen (secondary N) is 1. The third-order valence-electron chi connectivity index (χ3n) is 3.25. The molecule has 0 aliphatic rings. The first kappa shape index (κ1) is 14.5. The molecule has 0 spiro atoms. The molecule has 0 amide bonds. The summed E-state index contributed by atoms with van der Waals surface area (Å²) in [5.41, 5.74) is 3.36. The SMILES string of the molecule is CCOc1cncc(C(NC)c2ncccc2CC)c1. The first-order chi connectivity index (χ1) is 9.80. The van der Waals surface area contributed by atoms with Crippen LogP contribution < -0.4 is 10.1 Å². The van der Waals surface area contributed by atoms with Crippen molar-refractivity contribution in [2.24, 2.45) is 0 Å². The standard InChI is InChI=1S/C16H21N3O/c1-4-12-7-6-8-19-16(12)15(17-3)13-9-14(20-5-2)11-18-10-13/h6-11,15,17H,4-5H2,1-3H3. The highest BCUT2D eigenvalue weighted by atomic mass is 16.5. The Balaban J connectivity index is 2.39. The second-order valence-electron chi connectivity index (χ2n) is 4.51. The molecule has 4 nitrogen and oxygen atoms in total. The average molecular weight is 271 g/mol. The topological polar surface area (TPSA) is 47.0 Å². The van der Waals surface area contributed by atoms with Crippen molar-refractivity contribution in [1.29, 1.82) is 0 Å². The van der Waals surface area contributed by atoms with Gasteiger partial charge >= 0.3 is 0 Å². The zero-order valence-electron chi connectivity index (χ0n) is 12.3. The van der Waals surface area contributed by atoms with E-state index in [9.17, 15) is 0 Å². The van der Waals surface area contributed by atoms with E-state index in [1.54, 1.807) is 6.20 Å². The highest BCUT2D eigenvalue weighted by molar-refractivity contribution is 5.34. The number of pyridine rings is 2. The van der Waals surface area contributed by atoms with Gasteiger partial charge < -0.3 is 10.1 Å². The van der Waals surface area contributed by atoms with Gasteiger partial charge in [0.25, 0.3) is 0 Å². The summed E-state index contributed by atoms with van der Waals surface area (Å²) >= 11 is 0. The van der Waals surface area contributed by atoms with Crippen molar-refractivity contribution in [1.82, 2.24) is 15.3 Å². The molecular formula is C16H21N3O. The molecule has 0 aliphatic carbocycles. The van der Waals surface area contributed by atoms with Gasteiger partial charge in [0.05, 0.1) is 24.5 Å². The molecule has 2 heterocycles. The smallest absolute Gasteiger partial charge is 0.137 e. The van der Waals surface area contributed by atoms with Gasteiger partial charge in [-0.05, 0) is 43.7 Å². The zero-order chi connectivity index (χ0) is 14.4. The van der Waals surface area contributed by atoms with Gasteiger partial charge in [0, 0.05) is 12.4 Å². The molecule has 1 N–H and O–H groups in total. The molecule has 4 heteroatoms. The molecule has 0 radical (unpaired) electrons. The van der Waals surface area contributed by atoms with Crippen LogP contribution >= 0.6 is 0 Å². The molecular weight excluding hydrogens is 250 g/mol. The Bertz CT molecular complexity index is 557. The van der Waals surface area contributed by atoms with E-state index < -0.39 is 0 Å². The van der Waals surface area contributed by atoms with Crippen LogP contribution in [0.2, 0.25) is 0 Å². The van der Waals surface area contributed by atoms with E-state index in [2.05, 4.69) is 28.3 Å². The van der Waals surface area contributed by atoms with Crippen molar-refractivity contribution >= 4 is 0 Å². The number of hydrogen-bond acceptors (Lipinski definition) is 4. The summed E-state index contributed by atoms with van der Waals surface area (Å²) in [7, 11) is 1.94. The Morgan fingerprint density at radius 3 is 2.85 bits per heavy atom. The summed E-state index contributed by atoms with van der Waals surface area (Å²) in [4.78, 5) is 8.80. The highest BCUT2D eigenvalue weighted by Gasteiger charge is 2.17. The molecule has 2 aromatic heterocycles. The summed E-state index contributed by atoms with van der Waals surface area (Å²) in [6.07, 6.45) is 6.38. The number of ether oxygens (including phenoxy) is 1. The Kier molecular flexibility index (Phi) is 5.07. The van der Waals surface area contributed by atoms with Crippen molar-refractivity contribution in [2.75, 3.05) is 13.7 Å². The third kappa shape index (κ3) is 3.14. The van der Waals surface area contributed by atoms with Crippen molar-refractivity contribution in [3.05, 3.63) is 53.6 Å². The maximum Gasteiger partial charge on any atom is 0.137 e. The van der Waals surface area contributed by atoms with Crippen LogP contribution in [0.1, 0.15) is 36.7 Å². The molecule has 2 rings (SSSR count). The summed E-state index contributed by atoms with van der Waals surface area (Å²) < 4.78 is 5.52. The lowest BCUT2D eigenvalue weighted by molar-refractivity contribution is 0.338. The molecule has 0 saturated heterocycles. The van der Waals surface area contributed by atoms with Gasteiger partial charge in [0.15, 0.2) is 0 Å². The molecule has 0 aromatic carbocycles. The molecule has 0 fully saturated rings. The van der Waals surface area contributed by atoms with Gasteiger partial charge in [0.1, 0.15) is 5.75 Å². The third-order valence-corrected chi connectivity index (χ3v) is 3.25. The Morgan fingerprint density at radius 2 is 2.15 bits per heavy atom. The van der Waals surface area contributed by atoms with Gasteiger partial charge in [-0.15, -0.1) is 0 Å². The monoisotopic (exact) mass is 271 g/mol. The fourth-order valence-corrected chi connectivity index (χ4v) is 2.31. The van der Waals surface area contributed by atoms with E-state index in [-0.39, 0.29) is 6.04 Å². The van der Waals surface area contributed by atoms with Gasteiger partial charge in [-0.2, -0.15) is 0 Å². The minimum atomic E-state index is 0.0269. The number of rotatable bonds is 6. The zero-order valence-corrected chi connectivity index (χ0v) is 12.3. The number of aryl methyl sites for hydroxylation is 1. The molecule has 20 heavy (non-hydrogen) atoms. The second-order valence-corrected chi connectivity index (χ2v) is 4.51. The lowest BCUT2D eigenvalue weighted by Crippen LogP contribution is -2.20. The lowest BCUT2D eigenvalue weighted by atomic mass is 9.99. The summed E-state index contributed by atoms with van der Waals surface area (Å²) in [6, 6.07) is 6.14. The van der Waals surface area contributed by atoms with Gasteiger partial charge in [0.2, 0.25) is 0 Å². The minimum absolute atomic E-state index is 0.0269. The van der Waals surface area contributed by atoms with E-state index in [0.717, 1.165) is 23.4 Å². The van der Waals surface area contributed by atoms with E-state index in [4.69, 9.17) is 4.74 Å². The normalized spacial score (nSPS) is 12.2. The second kappa shape index (κ2) is 7.01. The van der Waals surface area contributed by atoms with Crippen molar-refractivity contribution in [3.8, 4) is 5.75 Å². The summed E-state index contributed by atoms with van der Waals surface area (Å²) in [5.74, 6) is 0.791. The molecule has 0 saturated carbocycles. The van der Waals surface area contributed by atoms with Crippen molar-refractivity contribution < 1.29 is 4.74 Å². The van der Waals surface area contributed by atoms with Crippen molar-refractivity contribution in [3.63, 3.8) is 0 Å². The first-order valence-electron chi connectivity index (χ1n) is 6.98. The fourth-order valence-electron chi connectivity index (χ4n) is 2.31. The number of nitrogens with zero attached hydrogens (tertiary/aromatic N) is 2. The molecule has 2 aromatic rings. The number of hydrogen-bond donors (Lipinski definition) is 1. The van der Waals surface area contributed by atoms with Crippen LogP contribution in [0.25, 0.3) is 0 Å². The van der Waals surface area contributed by atoms with Gasteiger partial charge in [-0.25, -0.2) is 0 Å². The fraction of sp³-hybridized carbons (Fsp3) is 0.375. The Labute approximate surface area is 120 Å². The molecule has 0 bridgehead atoms. The average Bonchev–Trinajstić information content (AvgIpc) is 2.49. The van der Waals surface area contributed by atoms with Gasteiger partial charge in [-0.1, -0.05) is 13.0 Å². The van der Waals surface area contributed by atoms with E-state index >= 15 is 0 Å². The van der Waals surface area contributed by atoms with Crippen molar-refractivity contribution in [2.45, 2.75) is 26.3 Å². The minimum Gasteiger partial charge on any atom is -0.492 e.